The van der Waals surface area contributed by atoms with Gasteiger partial charge in [0.15, 0.2) is 5.76 Å². The predicted molar refractivity (Wildman–Crippen MR) is 62.8 cm³/mol. The largest absolute Gasteiger partial charge is 0.359 e. The molecule has 1 saturated heterocycles. The Balaban J connectivity index is 2.16. The highest BCUT2D eigenvalue weighted by molar-refractivity contribution is 5.10. The molecule has 90 valence electrons. The van der Waals surface area contributed by atoms with Crippen LogP contribution in [0.4, 0.5) is 0 Å². The minimum atomic E-state index is 0.390. The molecule has 4 heteroatoms. The van der Waals surface area contributed by atoms with Gasteiger partial charge in [-0.25, -0.2) is 0 Å². The van der Waals surface area contributed by atoms with Crippen LogP contribution in [0.3, 0.4) is 0 Å². The monoisotopic (exact) mass is 223 g/mol. The lowest BCUT2D eigenvalue weighted by atomic mass is 9.98. The molecule has 0 bridgehead atoms. The molecule has 1 aromatic rings. The van der Waals surface area contributed by atoms with E-state index in [0.717, 1.165) is 24.4 Å². The first kappa shape index (κ1) is 11.6. The lowest BCUT2D eigenvalue weighted by Crippen LogP contribution is -2.38. The van der Waals surface area contributed by atoms with Crippen LogP contribution in [0.25, 0.3) is 0 Å². The predicted octanol–water partition coefficient (Wildman–Crippen LogP) is 2.07. The van der Waals surface area contributed by atoms with Crippen LogP contribution in [0.5, 0.6) is 0 Å². The second kappa shape index (κ2) is 4.97. The molecule has 0 amide bonds. The Morgan fingerprint density at radius 2 is 2.38 bits per heavy atom. The van der Waals surface area contributed by atoms with Crippen molar-refractivity contribution in [2.75, 3.05) is 6.54 Å². The molecule has 1 aliphatic heterocycles. The molecule has 0 radical (unpaired) electrons. The summed E-state index contributed by atoms with van der Waals surface area (Å²) in [6.45, 7) is 6.08. The number of nitrogens with zero attached hydrogens (tertiary/aromatic N) is 2. The fraction of sp³-hybridized carbons (Fsp3) is 0.750. The van der Waals surface area contributed by atoms with Crippen LogP contribution in [0.2, 0.25) is 0 Å². The molecule has 0 spiro atoms. The maximum atomic E-state index is 5.55. The van der Waals surface area contributed by atoms with E-state index < -0.39 is 0 Å². The zero-order chi connectivity index (χ0) is 11.5. The van der Waals surface area contributed by atoms with Gasteiger partial charge in [-0.2, -0.15) is 0 Å². The van der Waals surface area contributed by atoms with Crippen LogP contribution in [-0.2, 0) is 6.54 Å². The minimum Gasteiger partial charge on any atom is -0.359 e. The standard InChI is InChI=1S/C12H21N3O/c1-9(2)15-6-4-3-5-11(15)12-7-10(8-13)14-16-12/h7,9,11H,3-6,8,13H2,1-2H3. The number of piperidine rings is 1. The molecular formula is C12H21N3O. The first-order chi connectivity index (χ1) is 7.72. The van der Waals surface area contributed by atoms with Crippen molar-refractivity contribution in [3.8, 4) is 0 Å². The maximum absolute atomic E-state index is 5.55. The van der Waals surface area contributed by atoms with E-state index in [1.807, 2.05) is 6.07 Å². The second-order valence-electron chi connectivity index (χ2n) is 4.77. The molecule has 1 aromatic heterocycles. The molecule has 4 nitrogen and oxygen atoms in total. The number of hydrogen-bond acceptors (Lipinski definition) is 4. The fourth-order valence-corrected chi connectivity index (χ4v) is 2.46. The molecule has 2 N–H and O–H groups in total. The molecule has 2 heterocycles. The number of hydrogen-bond donors (Lipinski definition) is 1. The highest BCUT2D eigenvalue weighted by Gasteiger charge is 2.28. The summed E-state index contributed by atoms with van der Waals surface area (Å²) in [5.41, 5.74) is 6.40. The summed E-state index contributed by atoms with van der Waals surface area (Å²) in [6.07, 6.45) is 3.72. The molecule has 2 rings (SSSR count). The van der Waals surface area contributed by atoms with Crippen LogP contribution in [0.15, 0.2) is 10.6 Å². The van der Waals surface area contributed by atoms with Gasteiger partial charge in [0, 0.05) is 18.7 Å². The van der Waals surface area contributed by atoms with E-state index >= 15 is 0 Å². The van der Waals surface area contributed by atoms with E-state index in [1.54, 1.807) is 0 Å². The number of rotatable bonds is 3. The molecule has 1 fully saturated rings. The third kappa shape index (κ3) is 2.28. The van der Waals surface area contributed by atoms with Crippen molar-refractivity contribution in [2.24, 2.45) is 5.73 Å². The van der Waals surface area contributed by atoms with Gasteiger partial charge in [-0.15, -0.1) is 0 Å². The Bertz CT molecular complexity index is 335. The zero-order valence-corrected chi connectivity index (χ0v) is 10.1. The SMILES string of the molecule is CC(C)N1CCCCC1c1cc(CN)no1. The van der Waals surface area contributed by atoms with Crippen molar-refractivity contribution < 1.29 is 4.52 Å². The van der Waals surface area contributed by atoms with Gasteiger partial charge in [0.25, 0.3) is 0 Å². The topological polar surface area (TPSA) is 55.3 Å². The summed E-state index contributed by atoms with van der Waals surface area (Å²) in [5.74, 6) is 0.980. The summed E-state index contributed by atoms with van der Waals surface area (Å²) < 4.78 is 5.40. The number of aromatic nitrogens is 1. The molecular weight excluding hydrogens is 202 g/mol. The van der Waals surface area contributed by atoms with E-state index in [1.165, 1.54) is 12.8 Å². The Kier molecular flexibility index (Phi) is 3.61. The van der Waals surface area contributed by atoms with Crippen molar-refractivity contribution in [3.05, 3.63) is 17.5 Å². The van der Waals surface area contributed by atoms with Crippen molar-refractivity contribution in [2.45, 2.75) is 51.7 Å². The highest BCUT2D eigenvalue weighted by atomic mass is 16.5. The van der Waals surface area contributed by atoms with Crippen LogP contribution < -0.4 is 5.73 Å². The van der Waals surface area contributed by atoms with E-state index in [4.69, 9.17) is 10.3 Å². The second-order valence-corrected chi connectivity index (χ2v) is 4.77. The summed E-state index contributed by atoms with van der Waals surface area (Å²) in [6, 6.07) is 2.95. The summed E-state index contributed by atoms with van der Waals surface area (Å²) in [5, 5.41) is 3.98. The first-order valence-corrected chi connectivity index (χ1v) is 6.13. The van der Waals surface area contributed by atoms with Crippen molar-refractivity contribution >= 4 is 0 Å². The average molecular weight is 223 g/mol. The van der Waals surface area contributed by atoms with Gasteiger partial charge in [0.1, 0.15) is 0 Å². The molecule has 1 unspecified atom stereocenters. The molecule has 0 aliphatic carbocycles. The molecule has 1 atom stereocenters. The van der Waals surface area contributed by atoms with Gasteiger partial charge >= 0.3 is 0 Å². The van der Waals surface area contributed by atoms with E-state index in [2.05, 4.69) is 23.9 Å². The molecule has 1 aliphatic rings. The van der Waals surface area contributed by atoms with Crippen molar-refractivity contribution in [1.29, 1.82) is 0 Å². The van der Waals surface area contributed by atoms with Crippen LogP contribution in [-0.4, -0.2) is 22.6 Å². The Hall–Kier alpha value is -0.870. The summed E-state index contributed by atoms with van der Waals surface area (Å²) in [7, 11) is 0. The van der Waals surface area contributed by atoms with Crippen LogP contribution in [0, 0.1) is 0 Å². The van der Waals surface area contributed by atoms with E-state index in [9.17, 15) is 0 Å². The quantitative estimate of drug-likeness (QED) is 0.852. The lowest BCUT2D eigenvalue weighted by molar-refractivity contribution is 0.0911. The Labute approximate surface area is 96.8 Å². The maximum Gasteiger partial charge on any atom is 0.154 e. The molecule has 0 saturated carbocycles. The van der Waals surface area contributed by atoms with Gasteiger partial charge in [-0.3, -0.25) is 4.90 Å². The molecule has 0 aromatic carbocycles. The van der Waals surface area contributed by atoms with E-state index in [0.29, 0.717) is 18.6 Å². The van der Waals surface area contributed by atoms with Gasteiger partial charge in [-0.1, -0.05) is 11.6 Å². The van der Waals surface area contributed by atoms with Crippen molar-refractivity contribution in [1.82, 2.24) is 10.1 Å². The minimum absolute atomic E-state index is 0.390. The Morgan fingerprint density at radius 1 is 1.56 bits per heavy atom. The number of nitrogens with two attached hydrogens (primary N) is 1. The third-order valence-corrected chi connectivity index (χ3v) is 3.32. The fourth-order valence-electron chi connectivity index (χ4n) is 2.46. The normalized spacial score (nSPS) is 22.9. The van der Waals surface area contributed by atoms with Crippen LogP contribution in [0.1, 0.15) is 50.6 Å². The first-order valence-electron chi connectivity index (χ1n) is 6.13. The zero-order valence-electron chi connectivity index (χ0n) is 10.1. The summed E-state index contributed by atoms with van der Waals surface area (Å²) >= 11 is 0. The van der Waals surface area contributed by atoms with Crippen LogP contribution >= 0.6 is 0 Å². The third-order valence-electron chi connectivity index (χ3n) is 3.32. The highest BCUT2D eigenvalue weighted by Crippen LogP contribution is 2.32. The summed E-state index contributed by atoms with van der Waals surface area (Å²) in [4.78, 5) is 2.49. The Morgan fingerprint density at radius 3 is 3.00 bits per heavy atom. The lowest BCUT2D eigenvalue weighted by Gasteiger charge is -2.37. The van der Waals surface area contributed by atoms with Gasteiger partial charge in [0.2, 0.25) is 0 Å². The van der Waals surface area contributed by atoms with E-state index in [-0.39, 0.29) is 0 Å². The van der Waals surface area contributed by atoms with Gasteiger partial charge in [-0.05, 0) is 33.2 Å². The number of likely N-dealkylation sites (tertiary alicyclic amines) is 1. The average Bonchev–Trinajstić information content (AvgIpc) is 2.77. The van der Waals surface area contributed by atoms with Gasteiger partial charge in [0.05, 0.1) is 11.7 Å². The van der Waals surface area contributed by atoms with Crippen molar-refractivity contribution in [3.63, 3.8) is 0 Å². The molecule has 16 heavy (non-hydrogen) atoms. The smallest absolute Gasteiger partial charge is 0.154 e. The van der Waals surface area contributed by atoms with Gasteiger partial charge < -0.3 is 10.3 Å².